The van der Waals surface area contributed by atoms with Gasteiger partial charge in [0.05, 0.1) is 18.8 Å². The highest BCUT2D eigenvalue weighted by Crippen LogP contribution is 2.30. The molecule has 0 saturated carbocycles. The van der Waals surface area contributed by atoms with E-state index in [1.165, 1.54) is 16.8 Å². The molecule has 0 fully saturated rings. The summed E-state index contributed by atoms with van der Waals surface area (Å²) in [5, 5.41) is 12.5. The van der Waals surface area contributed by atoms with Crippen LogP contribution in [0.2, 0.25) is 0 Å². The minimum absolute atomic E-state index is 0.0260. The topological polar surface area (TPSA) is 103 Å². The monoisotopic (exact) mass is 330 g/mol. The van der Waals surface area contributed by atoms with Crippen LogP contribution in [0, 0.1) is 0 Å². The molecule has 3 N–H and O–H groups in total. The Morgan fingerprint density at radius 1 is 1.30 bits per heavy atom. The number of aliphatic hydroxyl groups is 1. The van der Waals surface area contributed by atoms with Crippen LogP contribution in [0.3, 0.4) is 0 Å². The van der Waals surface area contributed by atoms with Crippen LogP contribution in [0.5, 0.6) is 0 Å². The van der Waals surface area contributed by atoms with Gasteiger partial charge in [-0.15, -0.1) is 5.10 Å². The molecule has 0 saturated heterocycles. The van der Waals surface area contributed by atoms with Crippen molar-refractivity contribution in [3.63, 3.8) is 0 Å². The van der Waals surface area contributed by atoms with Gasteiger partial charge in [-0.3, -0.25) is 4.79 Å². The number of rotatable bonds is 6. The fourth-order valence-electron chi connectivity index (χ4n) is 1.77. The Labute approximate surface area is 128 Å². The SMILES string of the molecule is NC(=O)c1nc(-c2ccc(C(F)(F)F)cc2)n(COCCO)n1. The second-order valence-electron chi connectivity index (χ2n) is 4.46. The Bertz CT molecular complexity index is 683. The largest absolute Gasteiger partial charge is 0.416 e. The van der Waals surface area contributed by atoms with E-state index in [1.807, 2.05) is 0 Å². The fourth-order valence-corrected chi connectivity index (χ4v) is 1.77. The first-order valence-electron chi connectivity index (χ1n) is 6.44. The van der Waals surface area contributed by atoms with Gasteiger partial charge < -0.3 is 15.6 Å². The van der Waals surface area contributed by atoms with E-state index in [1.54, 1.807) is 0 Å². The third-order valence-corrected chi connectivity index (χ3v) is 2.81. The summed E-state index contributed by atoms with van der Waals surface area (Å²) in [6, 6.07) is 4.21. The molecule has 1 heterocycles. The zero-order valence-corrected chi connectivity index (χ0v) is 11.7. The number of amides is 1. The van der Waals surface area contributed by atoms with Gasteiger partial charge in [0.15, 0.2) is 5.82 Å². The third-order valence-electron chi connectivity index (χ3n) is 2.81. The third kappa shape index (κ3) is 4.05. The van der Waals surface area contributed by atoms with Crippen molar-refractivity contribution in [2.75, 3.05) is 13.2 Å². The van der Waals surface area contributed by atoms with Gasteiger partial charge >= 0.3 is 6.18 Å². The molecule has 2 aromatic rings. The molecule has 0 unspecified atom stereocenters. The number of aromatic nitrogens is 3. The highest BCUT2D eigenvalue weighted by atomic mass is 19.4. The summed E-state index contributed by atoms with van der Waals surface area (Å²) in [5.41, 5.74) is 4.61. The lowest BCUT2D eigenvalue weighted by Gasteiger charge is -2.08. The fraction of sp³-hybridized carbons (Fsp3) is 0.308. The van der Waals surface area contributed by atoms with Gasteiger partial charge in [0.1, 0.15) is 6.73 Å². The van der Waals surface area contributed by atoms with Crippen molar-refractivity contribution in [1.82, 2.24) is 14.8 Å². The number of nitrogens with two attached hydrogens (primary N) is 1. The number of carbonyl (C=O) groups is 1. The number of nitrogens with zero attached hydrogens (tertiary/aromatic N) is 3. The van der Waals surface area contributed by atoms with Gasteiger partial charge in [0.2, 0.25) is 5.82 Å². The predicted molar refractivity (Wildman–Crippen MR) is 72.0 cm³/mol. The van der Waals surface area contributed by atoms with E-state index in [9.17, 15) is 18.0 Å². The van der Waals surface area contributed by atoms with Crippen molar-refractivity contribution in [1.29, 1.82) is 0 Å². The van der Waals surface area contributed by atoms with Crippen LogP contribution >= 0.6 is 0 Å². The molecule has 0 aliphatic carbocycles. The Kier molecular flexibility index (Phi) is 4.96. The zero-order chi connectivity index (χ0) is 17.0. The van der Waals surface area contributed by atoms with E-state index < -0.39 is 17.6 Å². The van der Waals surface area contributed by atoms with Crippen LogP contribution in [0.15, 0.2) is 24.3 Å². The van der Waals surface area contributed by atoms with Crippen LogP contribution in [0.25, 0.3) is 11.4 Å². The smallest absolute Gasteiger partial charge is 0.394 e. The summed E-state index contributed by atoms with van der Waals surface area (Å²) in [5.74, 6) is -1.03. The van der Waals surface area contributed by atoms with Gasteiger partial charge in [0, 0.05) is 5.56 Å². The van der Waals surface area contributed by atoms with Crippen molar-refractivity contribution >= 4 is 5.91 Å². The molecule has 124 valence electrons. The van der Waals surface area contributed by atoms with Gasteiger partial charge in [-0.2, -0.15) is 13.2 Å². The van der Waals surface area contributed by atoms with E-state index in [2.05, 4.69) is 10.1 Å². The molecule has 0 aliphatic heterocycles. The second kappa shape index (κ2) is 6.75. The minimum Gasteiger partial charge on any atom is -0.394 e. The molecule has 0 radical (unpaired) electrons. The molecule has 1 aromatic heterocycles. The number of hydrogen-bond acceptors (Lipinski definition) is 5. The lowest BCUT2D eigenvalue weighted by atomic mass is 10.1. The summed E-state index contributed by atoms with van der Waals surface area (Å²) in [4.78, 5) is 15.1. The number of carbonyl (C=O) groups excluding carboxylic acids is 1. The molecule has 2 rings (SSSR count). The number of benzene rings is 1. The Morgan fingerprint density at radius 3 is 2.48 bits per heavy atom. The maximum atomic E-state index is 12.6. The van der Waals surface area contributed by atoms with Gasteiger partial charge in [0.25, 0.3) is 5.91 Å². The Hall–Kier alpha value is -2.46. The van der Waals surface area contributed by atoms with E-state index >= 15 is 0 Å². The summed E-state index contributed by atoms with van der Waals surface area (Å²) in [6.07, 6.45) is -4.45. The lowest BCUT2D eigenvalue weighted by molar-refractivity contribution is -0.137. The molecule has 0 spiro atoms. The molecule has 0 atom stereocenters. The first-order chi connectivity index (χ1) is 10.8. The van der Waals surface area contributed by atoms with Crippen LogP contribution in [0.4, 0.5) is 13.2 Å². The average molecular weight is 330 g/mol. The first kappa shape index (κ1) is 16.9. The minimum atomic E-state index is -4.45. The molecule has 23 heavy (non-hydrogen) atoms. The van der Waals surface area contributed by atoms with E-state index in [0.717, 1.165) is 12.1 Å². The summed E-state index contributed by atoms with van der Waals surface area (Å²) in [7, 11) is 0. The average Bonchev–Trinajstić information content (AvgIpc) is 2.91. The van der Waals surface area contributed by atoms with Crippen LogP contribution < -0.4 is 5.73 Å². The van der Waals surface area contributed by atoms with E-state index in [4.69, 9.17) is 15.6 Å². The summed E-state index contributed by atoms with van der Waals surface area (Å²) >= 11 is 0. The number of hydrogen-bond donors (Lipinski definition) is 2. The molecular weight excluding hydrogens is 317 g/mol. The molecule has 1 aromatic carbocycles. The van der Waals surface area contributed by atoms with Gasteiger partial charge in [-0.25, -0.2) is 9.67 Å². The molecular formula is C13H13F3N4O3. The van der Waals surface area contributed by atoms with Crippen molar-refractivity contribution < 1.29 is 27.8 Å². The summed E-state index contributed by atoms with van der Waals surface area (Å²) in [6.45, 7) is -0.331. The van der Waals surface area contributed by atoms with Crippen molar-refractivity contribution in [3.8, 4) is 11.4 Å². The molecule has 10 heteroatoms. The quantitative estimate of drug-likeness (QED) is 0.770. The molecule has 0 bridgehead atoms. The lowest BCUT2D eigenvalue weighted by Crippen LogP contribution is -2.14. The van der Waals surface area contributed by atoms with Crippen LogP contribution in [-0.2, 0) is 17.6 Å². The summed E-state index contributed by atoms with van der Waals surface area (Å²) < 4.78 is 44.0. The number of alkyl halides is 3. The van der Waals surface area contributed by atoms with Crippen molar-refractivity contribution in [2.24, 2.45) is 5.73 Å². The van der Waals surface area contributed by atoms with Crippen molar-refractivity contribution in [3.05, 3.63) is 35.7 Å². The van der Waals surface area contributed by atoms with Gasteiger partial charge in [-0.1, -0.05) is 12.1 Å². The number of aliphatic hydroxyl groups excluding tert-OH is 1. The highest BCUT2D eigenvalue weighted by molar-refractivity contribution is 5.89. The maximum Gasteiger partial charge on any atom is 0.416 e. The predicted octanol–water partition coefficient (Wildman–Crippen LogP) is 1.03. The number of primary amides is 1. The standard InChI is InChI=1S/C13H13F3N4O3/c14-13(15,16)9-3-1-8(2-4-9)12-18-11(10(17)22)19-20(12)7-23-6-5-21/h1-4,21H,5-7H2,(H2,17,22). The van der Waals surface area contributed by atoms with E-state index in [-0.39, 0.29) is 31.6 Å². The van der Waals surface area contributed by atoms with Gasteiger partial charge in [-0.05, 0) is 12.1 Å². The molecule has 1 amide bonds. The number of ether oxygens (including phenoxy) is 1. The molecule has 0 aliphatic rings. The molecule has 7 nitrogen and oxygen atoms in total. The zero-order valence-electron chi connectivity index (χ0n) is 11.7. The van der Waals surface area contributed by atoms with Crippen LogP contribution in [0.1, 0.15) is 16.2 Å². The second-order valence-corrected chi connectivity index (χ2v) is 4.46. The maximum absolute atomic E-state index is 12.6. The normalized spacial score (nSPS) is 11.7. The van der Waals surface area contributed by atoms with Crippen LogP contribution in [-0.4, -0.2) is 39.0 Å². The number of halogens is 3. The Morgan fingerprint density at radius 2 is 1.96 bits per heavy atom. The van der Waals surface area contributed by atoms with E-state index in [0.29, 0.717) is 5.56 Å². The highest BCUT2D eigenvalue weighted by Gasteiger charge is 2.30. The Balaban J connectivity index is 2.34. The van der Waals surface area contributed by atoms with Crippen molar-refractivity contribution in [2.45, 2.75) is 12.9 Å². The first-order valence-corrected chi connectivity index (χ1v) is 6.44.